The molecule has 0 aliphatic carbocycles. The summed E-state index contributed by atoms with van der Waals surface area (Å²) in [5, 5.41) is 10.5. The van der Waals surface area contributed by atoms with Crippen LogP contribution in [0.3, 0.4) is 0 Å². The van der Waals surface area contributed by atoms with E-state index in [0.717, 1.165) is 5.82 Å². The Labute approximate surface area is 95.2 Å². The number of rotatable bonds is 5. The predicted octanol–water partition coefficient (Wildman–Crippen LogP) is -0.399. The third kappa shape index (κ3) is 4.39. The zero-order valence-electron chi connectivity index (χ0n) is 10.0. The van der Waals surface area contributed by atoms with Gasteiger partial charge in [0.25, 0.3) is 0 Å². The SMILES string of the molecule is Cn1cnnc1CCNC(=O)CC(C)(C)N. The quantitative estimate of drug-likeness (QED) is 0.714. The summed E-state index contributed by atoms with van der Waals surface area (Å²) in [6.45, 7) is 4.21. The maximum Gasteiger partial charge on any atom is 0.221 e. The fourth-order valence-corrected chi connectivity index (χ4v) is 1.32. The van der Waals surface area contributed by atoms with E-state index in [9.17, 15) is 4.79 Å². The van der Waals surface area contributed by atoms with Crippen LogP contribution in [0.25, 0.3) is 0 Å². The summed E-state index contributed by atoms with van der Waals surface area (Å²) in [6, 6.07) is 0. The molecule has 0 bridgehead atoms. The van der Waals surface area contributed by atoms with Crippen molar-refractivity contribution in [3.05, 3.63) is 12.2 Å². The van der Waals surface area contributed by atoms with Gasteiger partial charge in [-0.2, -0.15) is 0 Å². The van der Waals surface area contributed by atoms with Crippen molar-refractivity contribution in [2.75, 3.05) is 6.54 Å². The number of carbonyl (C=O) groups is 1. The highest BCUT2D eigenvalue weighted by Crippen LogP contribution is 2.02. The summed E-state index contributed by atoms with van der Waals surface area (Å²) in [6.07, 6.45) is 2.64. The van der Waals surface area contributed by atoms with Crippen molar-refractivity contribution < 1.29 is 4.79 Å². The minimum Gasteiger partial charge on any atom is -0.356 e. The maximum atomic E-state index is 11.4. The second-order valence-electron chi connectivity index (χ2n) is 4.62. The van der Waals surface area contributed by atoms with Crippen LogP contribution in [0.4, 0.5) is 0 Å². The number of hydrogen-bond donors (Lipinski definition) is 2. The molecule has 0 atom stereocenters. The van der Waals surface area contributed by atoms with Crippen LogP contribution < -0.4 is 11.1 Å². The first-order valence-electron chi connectivity index (χ1n) is 5.27. The van der Waals surface area contributed by atoms with Crippen molar-refractivity contribution in [1.29, 1.82) is 0 Å². The van der Waals surface area contributed by atoms with Gasteiger partial charge in [0.2, 0.25) is 5.91 Å². The molecule has 1 heterocycles. The molecule has 0 fully saturated rings. The summed E-state index contributed by atoms with van der Waals surface area (Å²) in [5.74, 6) is 0.821. The van der Waals surface area contributed by atoms with Crippen LogP contribution >= 0.6 is 0 Å². The van der Waals surface area contributed by atoms with Crippen LogP contribution in [0, 0.1) is 0 Å². The first kappa shape index (κ1) is 12.6. The van der Waals surface area contributed by atoms with Crippen LogP contribution in [0.2, 0.25) is 0 Å². The molecule has 1 aromatic rings. The van der Waals surface area contributed by atoms with Gasteiger partial charge in [0.15, 0.2) is 0 Å². The average molecular weight is 225 g/mol. The highest BCUT2D eigenvalue weighted by molar-refractivity contribution is 5.77. The van der Waals surface area contributed by atoms with Gasteiger partial charge in [-0.05, 0) is 13.8 Å². The predicted molar refractivity (Wildman–Crippen MR) is 60.6 cm³/mol. The van der Waals surface area contributed by atoms with E-state index in [0.29, 0.717) is 19.4 Å². The molecule has 0 aliphatic heterocycles. The van der Waals surface area contributed by atoms with Gasteiger partial charge in [-0.15, -0.1) is 10.2 Å². The first-order chi connectivity index (χ1) is 7.38. The Balaban J connectivity index is 2.26. The lowest BCUT2D eigenvalue weighted by atomic mass is 10.0. The van der Waals surface area contributed by atoms with E-state index < -0.39 is 5.54 Å². The van der Waals surface area contributed by atoms with E-state index in [2.05, 4.69) is 15.5 Å². The Bertz CT molecular complexity index is 352. The van der Waals surface area contributed by atoms with E-state index >= 15 is 0 Å². The molecule has 16 heavy (non-hydrogen) atoms. The lowest BCUT2D eigenvalue weighted by Crippen LogP contribution is -2.39. The first-order valence-corrected chi connectivity index (χ1v) is 5.27. The van der Waals surface area contributed by atoms with E-state index in [4.69, 9.17) is 5.73 Å². The third-order valence-electron chi connectivity index (χ3n) is 2.09. The van der Waals surface area contributed by atoms with E-state index in [-0.39, 0.29) is 5.91 Å². The second kappa shape index (κ2) is 5.07. The zero-order valence-corrected chi connectivity index (χ0v) is 10.0. The molecule has 0 spiro atoms. The lowest BCUT2D eigenvalue weighted by molar-refractivity contribution is -0.121. The number of nitrogens with one attached hydrogen (secondary N) is 1. The standard InChI is InChI=1S/C10H19N5O/c1-10(2,11)6-9(16)12-5-4-8-14-13-7-15(8)3/h7H,4-6,11H2,1-3H3,(H,12,16). The van der Waals surface area contributed by atoms with Crippen LogP contribution in [0.1, 0.15) is 26.1 Å². The number of aromatic nitrogens is 3. The molecule has 0 saturated heterocycles. The Morgan fingerprint density at radius 3 is 2.81 bits per heavy atom. The molecule has 0 saturated carbocycles. The number of carbonyl (C=O) groups excluding carboxylic acids is 1. The maximum absolute atomic E-state index is 11.4. The molecule has 1 rings (SSSR count). The fraction of sp³-hybridized carbons (Fsp3) is 0.700. The largest absolute Gasteiger partial charge is 0.356 e. The van der Waals surface area contributed by atoms with Gasteiger partial charge in [-0.3, -0.25) is 4.79 Å². The summed E-state index contributed by atoms with van der Waals surface area (Å²) < 4.78 is 1.83. The van der Waals surface area contributed by atoms with Crippen molar-refractivity contribution in [2.24, 2.45) is 12.8 Å². The molecular weight excluding hydrogens is 206 g/mol. The Morgan fingerprint density at radius 1 is 1.62 bits per heavy atom. The van der Waals surface area contributed by atoms with E-state index in [1.807, 2.05) is 25.5 Å². The summed E-state index contributed by atoms with van der Waals surface area (Å²) in [7, 11) is 1.88. The summed E-state index contributed by atoms with van der Waals surface area (Å²) in [4.78, 5) is 11.4. The minimum absolute atomic E-state index is 0.0327. The molecule has 6 heteroatoms. The fourth-order valence-electron chi connectivity index (χ4n) is 1.32. The van der Waals surface area contributed by atoms with Gasteiger partial charge in [0, 0.05) is 32.0 Å². The van der Waals surface area contributed by atoms with Crippen LogP contribution in [-0.2, 0) is 18.3 Å². The molecule has 90 valence electrons. The van der Waals surface area contributed by atoms with E-state index in [1.165, 1.54) is 0 Å². The van der Waals surface area contributed by atoms with Gasteiger partial charge in [0.05, 0.1) is 0 Å². The van der Waals surface area contributed by atoms with Crippen molar-refractivity contribution in [3.63, 3.8) is 0 Å². The second-order valence-corrected chi connectivity index (χ2v) is 4.62. The Morgan fingerprint density at radius 2 is 2.31 bits per heavy atom. The number of aryl methyl sites for hydroxylation is 1. The molecular formula is C10H19N5O. The van der Waals surface area contributed by atoms with Gasteiger partial charge in [-0.25, -0.2) is 0 Å². The molecule has 0 radical (unpaired) electrons. The van der Waals surface area contributed by atoms with Gasteiger partial charge in [0.1, 0.15) is 12.2 Å². The Hall–Kier alpha value is -1.43. The van der Waals surface area contributed by atoms with Crippen LogP contribution in [0.15, 0.2) is 6.33 Å². The van der Waals surface area contributed by atoms with E-state index in [1.54, 1.807) is 6.33 Å². The van der Waals surface area contributed by atoms with Gasteiger partial charge < -0.3 is 15.6 Å². The van der Waals surface area contributed by atoms with Crippen molar-refractivity contribution in [3.8, 4) is 0 Å². The molecule has 6 nitrogen and oxygen atoms in total. The smallest absolute Gasteiger partial charge is 0.221 e. The van der Waals surface area contributed by atoms with Gasteiger partial charge >= 0.3 is 0 Å². The number of nitrogens with two attached hydrogens (primary N) is 1. The average Bonchev–Trinajstić information content (AvgIpc) is 2.48. The van der Waals surface area contributed by atoms with Crippen molar-refractivity contribution >= 4 is 5.91 Å². The number of amides is 1. The molecule has 1 aromatic heterocycles. The van der Waals surface area contributed by atoms with Crippen molar-refractivity contribution in [1.82, 2.24) is 20.1 Å². The summed E-state index contributed by atoms with van der Waals surface area (Å²) in [5.41, 5.74) is 5.28. The monoisotopic (exact) mass is 225 g/mol. The topological polar surface area (TPSA) is 85.8 Å². The third-order valence-corrected chi connectivity index (χ3v) is 2.09. The van der Waals surface area contributed by atoms with Crippen LogP contribution in [0.5, 0.6) is 0 Å². The molecule has 0 aromatic carbocycles. The molecule has 1 amide bonds. The molecule has 0 unspecified atom stereocenters. The highest BCUT2D eigenvalue weighted by Gasteiger charge is 2.15. The highest BCUT2D eigenvalue weighted by atomic mass is 16.1. The van der Waals surface area contributed by atoms with Crippen LogP contribution in [-0.4, -0.2) is 32.8 Å². The normalized spacial score (nSPS) is 11.5. The number of nitrogens with zero attached hydrogens (tertiary/aromatic N) is 3. The number of hydrogen-bond acceptors (Lipinski definition) is 4. The minimum atomic E-state index is -0.463. The summed E-state index contributed by atoms with van der Waals surface area (Å²) >= 11 is 0. The Kier molecular flexibility index (Phi) is 4.00. The van der Waals surface area contributed by atoms with Crippen molar-refractivity contribution in [2.45, 2.75) is 32.2 Å². The molecule has 0 aliphatic rings. The zero-order chi connectivity index (χ0) is 12.2. The molecule has 3 N–H and O–H groups in total. The van der Waals surface area contributed by atoms with Gasteiger partial charge in [-0.1, -0.05) is 0 Å². The lowest BCUT2D eigenvalue weighted by Gasteiger charge is -2.17.